The van der Waals surface area contributed by atoms with Gasteiger partial charge in [0.1, 0.15) is 0 Å². The van der Waals surface area contributed by atoms with E-state index in [1.807, 2.05) is 26.0 Å². The summed E-state index contributed by atoms with van der Waals surface area (Å²) in [5, 5.41) is 14.4. The standard InChI is InChI=1S/C15H22ClNO/c1-3-15(2,18)10-17-14(11-4-5-11)12-6-8-13(16)9-7-12/h6-9,11,14,17-18H,3-5,10H2,1-2H3. The number of aliphatic hydroxyl groups is 1. The molecule has 2 rings (SSSR count). The Balaban J connectivity index is 2.02. The van der Waals surface area contributed by atoms with E-state index in [1.165, 1.54) is 18.4 Å². The molecule has 0 aromatic heterocycles. The molecule has 2 nitrogen and oxygen atoms in total. The van der Waals surface area contributed by atoms with E-state index in [9.17, 15) is 5.11 Å². The molecule has 1 aromatic carbocycles. The zero-order valence-electron chi connectivity index (χ0n) is 11.1. The van der Waals surface area contributed by atoms with Gasteiger partial charge in [-0.1, -0.05) is 30.7 Å². The van der Waals surface area contributed by atoms with Gasteiger partial charge in [-0.2, -0.15) is 0 Å². The van der Waals surface area contributed by atoms with Crippen molar-refractivity contribution in [3.63, 3.8) is 0 Å². The van der Waals surface area contributed by atoms with Gasteiger partial charge in [0.2, 0.25) is 0 Å². The molecule has 2 N–H and O–H groups in total. The molecule has 0 bridgehead atoms. The van der Waals surface area contributed by atoms with Crippen molar-refractivity contribution in [3.8, 4) is 0 Å². The second kappa shape index (κ2) is 5.60. The first kappa shape index (κ1) is 13.9. The summed E-state index contributed by atoms with van der Waals surface area (Å²) in [6.45, 7) is 4.52. The van der Waals surface area contributed by atoms with Crippen LogP contribution < -0.4 is 5.32 Å². The zero-order chi connectivity index (χ0) is 13.2. The summed E-state index contributed by atoms with van der Waals surface area (Å²) in [7, 11) is 0. The summed E-state index contributed by atoms with van der Waals surface area (Å²) in [6, 6.07) is 8.38. The van der Waals surface area contributed by atoms with Gasteiger partial charge in [0, 0.05) is 17.6 Å². The smallest absolute Gasteiger partial charge is 0.0741 e. The van der Waals surface area contributed by atoms with Crippen LogP contribution in [0.15, 0.2) is 24.3 Å². The topological polar surface area (TPSA) is 32.3 Å². The minimum Gasteiger partial charge on any atom is -0.389 e. The maximum absolute atomic E-state index is 10.1. The average Bonchev–Trinajstić information content (AvgIpc) is 3.16. The Hall–Kier alpha value is -0.570. The molecular formula is C15H22ClNO. The first-order valence-electron chi connectivity index (χ1n) is 6.73. The lowest BCUT2D eigenvalue weighted by atomic mass is 9.99. The summed E-state index contributed by atoms with van der Waals surface area (Å²) >= 11 is 5.92. The van der Waals surface area contributed by atoms with Crippen molar-refractivity contribution in [1.29, 1.82) is 0 Å². The number of rotatable bonds is 6. The third kappa shape index (κ3) is 3.71. The fourth-order valence-corrected chi connectivity index (χ4v) is 2.24. The first-order valence-corrected chi connectivity index (χ1v) is 7.11. The molecular weight excluding hydrogens is 246 g/mol. The average molecular weight is 268 g/mol. The lowest BCUT2D eigenvalue weighted by Gasteiger charge is -2.26. The van der Waals surface area contributed by atoms with Crippen molar-refractivity contribution >= 4 is 11.6 Å². The van der Waals surface area contributed by atoms with Gasteiger partial charge in [-0.15, -0.1) is 0 Å². The zero-order valence-corrected chi connectivity index (χ0v) is 11.9. The lowest BCUT2D eigenvalue weighted by Crippen LogP contribution is -2.39. The molecule has 0 heterocycles. The third-order valence-electron chi connectivity index (χ3n) is 3.79. The van der Waals surface area contributed by atoms with Crippen LogP contribution in [-0.2, 0) is 0 Å². The van der Waals surface area contributed by atoms with Gasteiger partial charge in [0.15, 0.2) is 0 Å². The Bertz CT molecular complexity index is 384. The van der Waals surface area contributed by atoms with E-state index in [4.69, 9.17) is 11.6 Å². The molecule has 0 aliphatic heterocycles. The van der Waals surface area contributed by atoms with Gasteiger partial charge >= 0.3 is 0 Å². The SMILES string of the molecule is CCC(C)(O)CNC(c1ccc(Cl)cc1)C1CC1. The van der Waals surface area contributed by atoms with Gasteiger partial charge < -0.3 is 10.4 Å². The third-order valence-corrected chi connectivity index (χ3v) is 4.04. The van der Waals surface area contributed by atoms with E-state index in [1.54, 1.807) is 0 Å². The number of benzene rings is 1. The number of halogens is 1. The Kier molecular flexibility index (Phi) is 4.31. The van der Waals surface area contributed by atoms with Crippen LogP contribution in [0.3, 0.4) is 0 Å². The molecule has 18 heavy (non-hydrogen) atoms. The Morgan fingerprint density at radius 1 is 1.39 bits per heavy atom. The number of hydrogen-bond acceptors (Lipinski definition) is 2. The largest absolute Gasteiger partial charge is 0.389 e. The Morgan fingerprint density at radius 2 is 2.00 bits per heavy atom. The normalized spacial score (nSPS) is 20.4. The van der Waals surface area contributed by atoms with Crippen molar-refractivity contribution < 1.29 is 5.11 Å². The van der Waals surface area contributed by atoms with Crippen LogP contribution in [0.5, 0.6) is 0 Å². The molecule has 3 heteroatoms. The monoisotopic (exact) mass is 267 g/mol. The lowest BCUT2D eigenvalue weighted by molar-refractivity contribution is 0.0519. The molecule has 1 aliphatic rings. The predicted octanol–water partition coefficient (Wildman–Crippen LogP) is 3.54. The second-order valence-corrected chi connectivity index (χ2v) is 6.03. The molecule has 0 saturated heterocycles. The second-order valence-electron chi connectivity index (χ2n) is 5.60. The van der Waals surface area contributed by atoms with Gasteiger partial charge in [-0.25, -0.2) is 0 Å². The molecule has 2 unspecified atom stereocenters. The van der Waals surface area contributed by atoms with Crippen molar-refractivity contribution in [3.05, 3.63) is 34.9 Å². The molecule has 100 valence electrons. The van der Waals surface area contributed by atoms with Crippen molar-refractivity contribution in [2.45, 2.75) is 44.8 Å². The summed E-state index contributed by atoms with van der Waals surface area (Å²) in [5.41, 5.74) is 0.647. The fraction of sp³-hybridized carbons (Fsp3) is 0.600. The molecule has 1 aromatic rings. The van der Waals surface area contributed by atoms with Crippen molar-refractivity contribution in [2.75, 3.05) is 6.54 Å². The number of nitrogens with one attached hydrogen (secondary N) is 1. The van der Waals surface area contributed by atoms with Gasteiger partial charge in [0.25, 0.3) is 0 Å². The van der Waals surface area contributed by atoms with E-state index in [-0.39, 0.29) is 0 Å². The maximum Gasteiger partial charge on any atom is 0.0741 e. The van der Waals surface area contributed by atoms with Crippen molar-refractivity contribution in [1.82, 2.24) is 5.32 Å². The van der Waals surface area contributed by atoms with Gasteiger partial charge in [-0.05, 0) is 49.8 Å². The maximum atomic E-state index is 10.1. The van der Waals surface area contributed by atoms with Crippen LogP contribution in [0.1, 0.15) is 44.7 Å². The van der Waals surface area contributed by atoms with Crippen LogP contribution in [0, 0.1) is 5.92 Å². The highest BCUT2D eigenvalue weighted by Gasteiger charge is 2.33. The van der Waals surface area contributed by atoms with E-state index in [0.29, 0.717) is 18.5 Å². The summed E-state index contributed by atoms with van der Waals surface area (Å²) in [5.74, 6) is 0.707. The number of hydrogen-bond donors (Lipinski definition) is 2. The highest BCUT2D eigenvalue weighted by molar-refractivity contribution is 6.30. The minimum atomic E-state index is -0.625. The summed E-state index contributed by atoms with van der Waals surface area (Å²) in [6.07, 6.45) is 3.31. The van der Waals surface area contributed by atoms with Crippen molar-refractivity contribution in [2.24, 2.45) is 5.92 Å². The van der Waals surface area contributed by atoms with Crippen LogP contribution in [-0.4, -0.2) is 17.3 Å². The fourth-order valence-electron chi connectivity index (χ4n) is 2.11. The molecule has 1 fully saturated rings. The van der Waals surface area contributed by atoms with Crippen LogP contribution in [0.25, 0.3) is 0 Å². The van der Waals surface area contributed by atoms with E-state index < -0.39 is 5.60 Å². The Labute approximate surface area is 114 Å². The highest BCUT2D eigenvalue weighted by Crippen LogP contribution is 2.41. The predicted molar refractivity (Wildman–Crippen MR) is 75.8 cm³/mol. The molecule has 1 aliphatic carbocycles. The van der Waals surface area contributed by atoms with E-state index in [2.05, 4.69) is 17.4 Å². The molecule has 0 spiro atoms. The van der Waals surface area contributed by atoms with Gasteiger partial charge in [0.05, 0.1) is 5.60 Å². The summed E-state index contributed by atoms with van der Waals surface area (Å²) < 4.78 is 0. The Morgan fingerprint density at radius 3 is 2.50 bits per heavy atom. The molecule has 0 amide bonds. The molecule has 2 atom stereocenters. The van der Waals surface area contributed by atoms with Crippen LogP contribution >= 0.6 is 11.6 Å². The highest BCUT2D eigenvalue weighted by atomic mass is 35.5. The molecule has 1 saturated carbocycles. The van der Waals surface area contributed by atoms with Crippen LogP contribution in [0.4, 0.5) is 0 Å². The quantitative estimate of drug-likeness (QED) is 0.826. The summed E-state index contributed by atoms with van der Waals surface area (Å²) in [4.78, 5) is 0. The van der Waals surface area contributed by atoms with E-state index >= 15 is 0 Å². The van der Waals surface area contributed by atoms with E-state index in [0.717, 1.165) is 11.4 Å². The molecule has 0 radical (unpaired) electrons. The first-order chi connectivity index (χ1) is 8.52. The van der Waals surface area contributed by atoms with Crippen LogP contribution in [0.2, 0.25) is 5.02 Å². The minimum absolute atomic E-state index is 0.347. The van der Waals surface area contributed by atoms with Gasteiger partial charge in [-0.3, -0.25) is 0 Å².